The van der Waals surface area contributed by atoms with E-state index in [1.54, 1.807) is 13.8 Å². The first-order valence-electron chi connectivity index (χ1n) is 9.92. The molecule has 17 heteroatoms. The standard InChI is InChI=1S/C10H10ClF3N2O2.C8H7Cl2NO2.C2H4F3N.CH4/c1-2-18-9(17)6-4-15-8(11)3-7(6)16-5-10(12,13)14;1-2-13-8(12)5-4-11-7(10)3-6(5)9;3-2(4,5)1-6;/h3-4H,2,5H2,1H3,(H,15,16);3-4H,2H2,1H3;1,6H2;1H4. The molecule has 2 aromatic heterocycles. The highest BCUT2D eigenvalue weighted by Crippen LogP contribution is 2.23. The van der Waals surface area contributed by atoms with Crippen LogP contribution in [0.4, 0.5) is 32.0 Å². The van der Waals surface area contributed by atoms with Gasteiger partial charge in [0.15, 0.2) is 0 Å². The molecular weight excluding hydrogens is 593 g/mol. The van der Waals surface area contributed by atoms with E-state index in [9.17, 15) is 35.9 Å². The minimum Gasteiger partial charge on any atom is -0.462 e. The van der Waals surface area contributed by atoms with Crippen molar-refractivity contribution in [3.63, 3.8) is 0 Å². The Morgan fingerprint density at radius 2 is 1.29 bits per heavy atom. The molecule has 216 valence electrons. The summed E-state index contributed by atoms with van der Waals surface area (Å²) in [6.45, 7) is 1.21. The third-order valence-corrected chi connectivity index (χ3v) is 4.12. The van der Waals surface area contributed by atoms with Gasteiger partial charge in [0.1, 0.15) is 22.4 Å². The topological polar surface area (TPSA) is 116 Å². The smallest absolute Gasteiger partial charge is 0.405 e. The molecule has 2 rings (SSSR count). The Hall–Kier alpha value is -2.55. The maximum atomic E-state index is 12.1. The molecule has 2 aromatic rings. The van der Waals surface area contributed by atoms with Crippen molar-refractivity contribution in [1.82, 2.24) is 9.97 Å². The van der Waals surface area contributed by atoms with Crippen molar-refractivity contribution >= 4 is 52.4 Å². The zero-order valence-electron chi connectivity index (χ0n) is 19.1. The lowest BCUT2D eigenvalue weighted by molar-refractivity contribution is -0.118. The molecule has 0 spiro atoms. The van der Waals surface area contributed by atoms with Crippen LogP contribution in [0.2, 0.25) is 15.3 Å². The zero-order valence-corrected chi connectivity index (χ0v) is 21.4. The number of rotatable bonds is 6. The second-order valence-electron chi connectivity index (χ2n) is 6.27. The van der Waals surface area contributed by atoms with Crippen LogP contribution in [0.25, 0.3) is 0 Å². The summed E-state index contributed by atoms with van der Waals surface area (Å²) in [6.07, 6.45) is -6.22. The molecule has 8 nitrogen and oxygen atoms in total. The number of anilines is 1. The minimum atomic E-state index is -4.40. The highest BCUT2D eigenvalue weighted by Gasteiger charge is 2.28. The number of nitrogens with two attached hydrogens (primary N) is 1. The Morgan fingerprint density at radius 3 is 1.68 bits per heavy atom. The maximum absolute atomic E-state index is 12.1. The maximum Gasteiger partial charge on any atom is 0.405 e. The molecule has 3 N–H and O–H groups in total. The van der Waals surface area contributed by atoms with Crippen molar-refractivity contribution in [3.05, 3.63) is 51.0 Å². The van der Waals surface area contributed by atoms with Crippen LogP contribution >= 0.6 is 34.8 Å². The van der Waals surface area contributed by atoms with E-state index in [4.69, 9.17) is 44.3 Å². The molecule has 0 bridgehead atoms. The predicted molar refractivity (Wildman–Crippen MR) is 132 cm³/mol. The Bertz CT molecular complexity index is 1030. The van der Waals surface area contributed by atoms with Crippen LogP contribution in [-0.4, -0.2) is 60.6 Å². The molecular formula is C21H25Cl3F6N4O4. The van der Waals surface area contributed by atoms with Gasteiger partial charge in [0.2, 0.25) is 0 Å². The number of aromatic nitrogens is 2. The van der Waals surface area contributed by atoms with E-state index < -0.39 is 37.4 Å². The van der Waals surface area contributed by atoms with E-state index in [2.05, 4.69) is 21.0 Å². The summed E-state index contributed by atoms with van der Waals surface area (Å²) in [7, 11) is 0. The van der Waals surface area contributed by atoms with Gasteiger partial charge in [0, 0.05) is 12.4 Å². The first-order chi connectivity index (χ1) is 17.0. The summed E-state index contributed by atoms with van der Waals surface area (Å²) in [4.78, 5) is 30.0. The number of carbonyl (C=O) groups excluding carboxylic acids is 2. The van der Waals surface area contributed by atoms with E-state index in [0.717, 1.165) is 12.3 Å². The molecule has 0 saturated heterocycles. The first-order valence-corrected chi connectivity index (χ1v) is 11.1. The molecule has 0 fully saturated rings. The molecule has 0 unspecified atom stereocenters. The van der Waals surface area contributed by atoms with E-state index >= 15 is 0 Å². The van der Waals surface area contributed by atoms with Gasteiger partial charge in [-0.15, -0.1) is 0 Å². The number of carbonyl (C=O) groups is 2. The largest absolute Gasteiger partial charge is 0.462 e. The Balaban J connectivity index is 0. The quantitative estimate of drug-likeness (QED) is 0.212. The summed E-state index contributed by atoms with van der Waals surface area (Å²) in [5, 5.41) is 2.56. The van der Waals surface area contributed by atoms with Gasteiger partial charge in [-0.25, -0.2) is 19.6 Å². The number of nitrogens with one attached hydrogen (secondary N) is 1. The average molecular weight is 618 g/mol. The van der Waals surface area contributed by atoms with Gasteiger partial charge in [0.25, 0.3) is 0 Å². The molecule has 0 saturated carbocycles. The fraction of sp³-hybridized carbons (Fsp3) is 0.429. The molecule has 2 heterocycles. The molecule has 0 aromatic carbocycles. The van der Waals surface area contributed by atoms with Gasteiger partial charge in [-0.2, -0.15) is 26.3 Å². The van der Waals surface area contributed by atoms with Crippen LogP contribution < -0.4 is 11.1 Å². The molecule has 0 amide bonds. The zero-order chi connectivity index (χ0) is 28.8. The van der Waals surface area contributed by atoms with E-state index in [-0.39, 0.29) is 46.2 Å². The van der Waals surface area contributed by atoms with Crippen molar-refractivity contribution in [2.45, 2.75) is 33.6 Å². The number of nitrogens with zero attached hydrogens (tertiary/aromatic N) is 2. The number of hydrogen-bond donors (Lipinski definition) is 2. The van der Waals surface area contributed by atoms with Crippen LogP contribution in [0.1, 0.15) is 42.0 Å². The van der Waals surface area contributed by atoms with E-state index in [1.165, 1.54) is 12.3 Å². The summed E-state index contributed by atoms with van der Waals surface area (Å²) >= 11 is 16.8. The average Bonchev–Trinajstić information content (AvgIpc) is 2.78. The van der Waals surface area contributed by atoms with Crippen molar-refractivity contribution in [1.29, 1.82) is 0 Å². The highest BCUT2D eigenvalue weighted by atomic mass is 35.5. The Labute approximate surface area is 229 Å². The van der Waals surface area contributed by atoms with Crippen molar-refractivity contribution in [3.8, 4) is 0 Å². The number of alkyl halides is 6. The van der Waals surface area contributed by atoms with Crippen LogP contribution in [-0.2, 0) is 9.47 Å². The van der Waals surface area contributed by atoms with Gasteiger partial charge in [0.05, 0.1) is 36.0 Å². The van der Waals surface area contributed by atoms with Gasteiger partial charge in [-0.1, -0.05) is 42.2 Å². The fourth-order valence-corrected chi connectivity index (χ4v) is 2.51. The SMILES string of the molecule is C.CCOC(=O)c1cnc(Cl)cc1Cl.CCOC(=O)c1cnc(Cl)cc1NCC(F)(F)F.NCC(F)(F)F. The van der Waals surface area contributed by atoms with Crippen molar-refractivity contribution in [2.24, 2.45) is 5.73 Å². The summed E-state index contributed by atoms with van der Waals surface area (Å²) in [5.41, 5.74) is 4.25. The lowest BCUT2D eigenvalue weighted by Crippen LogP contribution is -2.22. The van der Waals surface area contributed by atoms with Crippen molar-refractivity contribution < 1.29 is 45.4 Å². The fourth-order valence-electron chi connectivity index (χ4n) is 1.91. The monoisotopic (exact) mass is 616 g/mol. The number of pyridine rings is 2. The van der Waals surface area contributed by atoms with E-state index in [0.29, 0.717) is 6.61 Å². The van der Waals surface area contributed by atoms with E-state index in [1.807, 2.05) is 0 Å². The second kappa shape index (κ2) is 17.9. The van der Waals surface area contributed by atoms with Gasteiger partial charge < -0.3 is 20.5 Å². The van der Waals surface area contributed by atoms with Crippen LogP contribution in [0.15, 0.2) is 24.5 Å². The minimum absolute atomic E-state index is 0. The predicted octanol–water partition coefficient (Wildman–Crippen LogP) is 6.59. The molecule has 0 atom stereocenters. The normalized spacial score (nSPS) is 10.5. The molecule has 0 aliphatic heterocycles. The molecule has 0 aliphatic carbocycles. The highest BCUT2D eigenvalue weighted by molar-refractivity contribution is 6.36. The number of esters is 2. The van der Waals surface area contributed by atoms with Crippen LogP contribution in [0.5, 0.6) is 0 Å². The number of ether oxygens (including phenoxy) is 2. The lowest BCUT2D eigenvalue weighted by Gasteiger charge is -2.12. The summed E-state index contributed by atoms with van der Waals surface area (Å²) in [6, 6.07) is 2.54. The molecule has 38 heavy (non-hydrogen) atoms. The van der Waals surface area contributed by atoms with Gasteiger partial charge in [-0.3, -0.25) is 0 Å². The van der Waals surface area contributed by atoms with Gasteiger partial charge in [-0.05, 0) is 26.0 Å². The third kappa shape index (κ3) is 16.3. The van der Waals surface area contributed by atoms with Crippen LogP contribution in [0, 0.1) is 0 Å². The second-order valence-corrected chi connectivity index (χ2v) is 7.45. The van der Waals surface area contributed by atoms with Gasteiger partial charge >= 0.3 is 24.3 Å². The van der Waals surface area contributed by atoms with Crippen molar-refractivity contribution in [2.75, 3.05) is 31.6 Å². The van der Waals surface area contributed by atoms with Crippen LogP contribution in [0.3, 0.4) is 0 Å². The summed E-state index contributed by atoms with van der Waals surface area (Å²) < 4.78 is 77.7. The molecule has 0 aliphatic rings. The summed E-state index contributed by atoms with van der Waals surface area (Å²) in [5.74, 6) is -1.25. The Kier molecular flexibility index (Phi) is 17.7. The number of halogens is 9. The third-order valence-electron chi connectivity index (χ3n) is 3.39. The lowest BCUT2D eigenvalue weighted by atomic mass is 10.2. The molecule has 0 radical (unpaired) electrons. The Morgan fingerprint density at radius 1 is 0.868 bits per heavy atom. The first kappa shape index (κ1) is 37.6. The number of hydrogen-bond acceptors (Lipinski definition) is 8.